The molecule has 0 radical (unpaired) electrons. The van der Waals surface area contributed by atoms with E-state index in [2.05, 4.69) is 6.92 Å². The Kier molecular flexibility index (Phi) is 4.75. The molecule has 0 N–H and O–H groups in total. The summed E-state index contributed by atoms with van der Waals surface area (Å²) in [5.41, 5.74) is 3.05. The molecule has 3 heteroatoms. The number of amides is 1. The van der Waals surface area contributed by atoms with Crippen molar-refractivity contribution in [3.63, 3.8) is 0 Å². The fraction of sp³-hybridized carbons (Fsp3) is 0.350. The summed E-state index contributed by atoms with van der Waals surface area (Å²) in [7, 11) is 0. The van der Waals surface area contributed by atoms with E-state index in [1.807, 2.05) is 29.2 Å². The summed E-state index contributed by atoms with van der Waals surface area (Å²) in [6.07, 6.45) is 3.76. The third-order valence-corrected chi connectivity index (χ3v) is 4.26. The predicted molar refractivity (Wildman–Crippen MR) is 90.6 cm³/mol. The van der Waals surface area contributed by atoms with Gasteiger partial charge in [0, 0.05) is 12.6 Å². The van der Waals surface area contributed by atoms with Crippen molar-refractivity contribution in [2.45, 2.75) is 38.6 Å². The molecule has 0 heterocycles. The van der Waals surface area contributed by atoms with E-state index < -0.39 is 0 Å². The Morgan fingerprint density at radius 3 is 2.13 bits per heavy atom. The third kappa shape index (κ3) is 3.98. The maximum atomic E-state index is 13.0. The smallest absolute Gasteiger partial charge is 0.227 e. The number of carbonyl (C=O) groups is 1. The van der Waals surface area contributed by atoms with E-state index in [1.54, 1.807) is 12.1 Å². The van der Waals surface area contributed by atoms with Crippen LogP contribution in [0.25, 0.3) is 11.1 Å². The van der Waals surface area contributed by atoms with E-state index in [9.17, 15) is 9.18 Å². The summed E-state index contributed by atoms with van der Waals surface area (Å²) in [4.78, 5) is 14.5. The predicted octanol–water partition coefficient (Wildman–Crippen LogP) is 4.44. The van der Waals surface area contributed by atoms with Crippen LogP contribution in [0.4, 0.5) is 4.39 Å². The number of rotatable bonds is 6. The van der Waals surface area contributed by atoms with E-state index in [0.717, 1.165) is 42.5 Å². The van der Waals surface area contributed by atoms with Crippen molar-refractivity contribution in [1.82, 2.24) is 4.90 Å². The SMILES string of the molecule is CCCN(C(=O)Cc1ccc(-c2ccc(F)cc2)cc1)C1CC1. The van der Waals surface area contributed by atoms with Gasteiger partial charge >= 0.3 is 0 Å². The minimum Gasteiger partial charge on any atom is -0.339 e. The lowest BCUT2D eigenvalue weighted by Gasteiger charge is -2.21. The molecular weight excluding hydrogens is 289 g/mol. The van der Waals surface area contributed by atoms with Crippen LogP contribution in [-0.4, -0.2) is 23.4 Å². The van der Waals surface area contributed by atoms with Gasteiger partial charge in [-0.05, 0) is 48.1 Å². The van der Waals surface area contributed by atoms with Crippen LogP contribution in [0.3, 0.4) is 0 Å². The molecule has 23 heavy (non-hydrogen) atoms. The van der Waals surface area contributed by atoms with Gasteiger partial charge in [-0.2, -0.15) is 0 Å². The zero-order valence-electron chi connectivity index (χ0n) is 13.5. The van der Waals surface area contributed by atoms with Crippen LogP contribution < -0.4 is 0 Å². The highest BCUT2D eigenvalue weighted by Gasteiger charge is 2.31. The molecule has 0 aliphatic heterocycles. The van der Waals surface area contributed by atoms with Crippen LogP contribution in [0, 0.1) is 5.82 Å². The largest absolute Gasteiger partial charge is 0.339 e. The standard InChI is InChI=1S/C20H22FNO/c1-2-13-22(19-11-12-19)20(23)14-15-3-5-16(6-4-15)17-7-9-18(21)10-8-17/h3-10,19H,2,11-14H2,1H3. The van der Waals surface area contributed by atoms with Crippen molar-refractivity contribution in [2.24, 2.45) is 0 Å². The number of hydrogen-bond acceptors (Lipinski definition) is 1. The molecule has 3 rings (SSSR count). The van der Waals surface area contributed by atoms with Crippen molar-refractivity contribution in [2.75, 3.05) is 6.54 Å². The van der Waals surface area contributed by atoms with Gasteiger partial charge in [-0.3, -0.25) is 4.79 Å². The van der Waals surface area contributed by atoms with E-state index >= 15 is 0 Å². The average molecular weight is 311 g/mol. The van der Waals surface area contributed by atoms with Crippen LogP contribution >= 0.6 is 0 Å². The monoisotopic (exact) mass is 311 g/mol. The molecule has 1 amide bonds. The van der Waals surface area contributed by atoms with Gasteiger partial charge < -0.3 is 4.90 Å². The lowest BCUT2D eigenvalue weighted by molar-refractivity contribution is -0.131. The first-order valence-electron chi connectivity index (χ1n) is 8.31. The van der Waals surface area contributed by atoms with Gasteiger partial charge in [0.1, 0.15) is 5.82 Å². The average Bonchev–Trinajstić information content (AvgIpc) is 3.39. The molecule has 0 atom stereocenters. The lowest BCUT2D eigenvalue weighted by Crippen LogP contribution is -2.34. The topological polar surface area (TPSA) is 20.3 Å². The van der Waals surface area contributed by atoms with Gasteiger partial charge in [0.15, 0.2) is 0 Å². The van der Waals surface area contributed by atoms with Crippen LogP contribution in [0.1, 0.15) is 31.7 Å². The molecule has 2 aromatic carbocycles. The van der Waals surface area contributed by atoms with Crippen molar-refractivity contribution in [1.29, 1.82) is 0 Å². The van der Waals surface area contributed by atoms with E-state index in [1.165, 1.54) is 12.1 Å². The number of benzene rings is 2. The summed E-state index contributed by atoms with van der Waals surface area (Å²) < 4.78 is 13.0. The third-order valence-electron chi connectivity index (χ3n) is 4.26. The molecule has 0 bridgehead atoms. The molecule has 0 saturated heterocycles. The van der Waals surface area contributed by atoms with Gasteiger partial charge in [-0.1, -0.05) is 43.3 Å². The fourth-order valence-corrected chi connectivity index (χ4v) is 2.87. The first-order valence-corrected chi connectivity index (χ1v) is 8.31. The number of hydrogen-bond donors (Lipinski definition) is 0. The van der Waals surface area contributed by atoms with Crippen LogP contribution in [0.15, 0.2) is 48.5 Å². The molecule has 0 spiro atoms. The molecule has 2 aromatic rings. The van der Waals surface area contributed by atoms with E-state index in [0.29, 0.717) is 12.5 Å². The fourth-order valence-electron chi connectivity index (χ4n) is 2.87. The van der Waals surface area contributed by atoms with Crippen LogP contribution in [0.2, 0.25) is 0 Å². The maximum Gasteiger partial charge on any atom is 0.227 e. The molecule has 1 fully saturated rings. The van der Waals surface area contributed by atoms with E-state index in [-0.39, 0.29) is 11.7 Å². The van der Waals surface area contributed by atoms with Crippen molar-refractivity contribution in [3.05, 3.63) is 59.9 Å². The summed E-state index contributed by atoms with van der Waals surface area (Å²) in [6.45, 7) is 2.97. The molecule has 0 unspecified atom stereocenters. The second kappa shape index (κ2) is 6.95. The first kappa shape index (κ1) is 15.7. The van der Waals surface area contributed by atoms with Crippen LogP contribution in [0.5, 0.6) is 0 Å². The summed E-state index contributed by atoms with van der Waals surface area (Å²) in [5.74, 6) is -0.00376. The summed E-state index contributed by atoms with van der Waals surface area (Å²) in [6, 6.07) is 14.9. The van der Waals surface area contributed by atoms with Gasteiger partial charge in [0.2, 0.25) is 5.91 Å². The zero-order chi connectivity index (χ0) is 16.2. The molecule has 0 aromatic heterocycles. The minimum atomic E-state index is -0.230. The number of carbonyl (C=O) groups excluding carboxylic acids is 1. The second-order valence-electron chi connectivity index (χ2n) is 6.20. The lowest BCUT2D eigenvalue weighted by atomic mass is 10.0. The Morgan fingerprint density at radius 1 is 1.04 bits per heavy atom. The Balaban J connectivity index is 1.67. The van der Waals surface area contributed by atoms with Gasteiger partial charge in [-0.15, -0.1) is 0 Å². The molecule has 2 nitrogen and oxygen atoms in total. The van der Waals surface area contributed by atoms with Crippen molar-refractivity contribution < 1.29 is 9.18 Å². The van der Waals surface area contributed by atoms with Gasteiger partial charge in [-0.25, -0.2) is 4.39 Å². The molecule has 1 aliphatic rings. The molecule has 1 saturated carbocycles. The Hall–Kier alpha value is -2.16. The zero-order valence-corrected chi connectivity index (χ0v) is 13.5. The second-order valence-corrected chi connectivity index (χ2v) is 6.20. The highest BCUT2D eigenvalue weighted by Crippen LogP contribution is 2.28. The first-order chi connectivity index (χ1) is 11.2. The van der Waals surface area contributed by atoms with E-state index in [4.69, 9.17) is 0 Å². The molecule has 1 aliphatic carbocycles. The minimum absolute atomic E-state index is 0.226. The van der Waals surface area contributed by atoms with Gasteiger partial charge in [0.25, 0.3) is 0 Å². The molecule has 120 valence electrons. The highest BCUT2D eigenvalue weighted by molar-refractivity contribution is 5.79. The van der Waals surface area contributed by atoms with Crippen LogP contribution in [-0.2, 0) is 11.2 Å². The highest BCUT2D eigenvalue weighted by atomic mass is 19.1. The summed E-state index contributed by atoms with van der Waals surface area (Å²) in [5, 5.41) is 0. The number of nitrogens with zero attached hydrogens (tertiary/aromatic N) is 1. The summed E-state index contributed by atoms with van der Waals surface area (Å²) >= 11 is 0. The Labute approximate surface area is 136 Å². The molecular formula is C20H22FNO. The quantitative estimate of drug-likeness (QED) is 0.772. The van der Waals surface area contributed by atoms with Crippen molar-refractivity contribution >= 4 is 5.91 Å². The Bertz CT molecular complexity index is 659. The van der Waals surface area contributed by atoms with Gasteiger partial charge in [0.05, 0.1) is 6.42 Å². The number of halogens is 1. The Morgan fingerprint density at radius 2 is 1.61 bits per heavy atom. The van der Waals surface area contributed by atoms with Crippen molar-refractivity contribution in [3.8, 4) is 11.1 Å². The maximum absolute atomic E-state index is 13.0. The normalized spacial score (nSPS) is 13.8.